The Morgan fingerprint density at radius 3 is 2.09 bits per heavy atom. The summed E-state index contributed by atoms with van der Waals surface area (Å²) in [5, 5.41) is 14.1. The molecule has 33 heavy (non-hydrogen) atoms. The van der Waals surface area contributed by atoms with Crippen molar-refractivity contribution in [2.75, 3.05) is 4.90 Å². The normalized spacial score (nSPS) is 16.4. The van der Waals surface area contributed by atoms with E-state index in [-0.39, 0.29) is 27.3 Å². The number of carbonyl (C=O) groups is 2. The molecule has 0 aliphatic carbocycles. The lowest BCUT2D eigenvalue weighted by Gasteiger charge is -2.30. The van der Waals surface area contributed by atoms with Crippen LogP contribution in [0.1, 0.15) is 63.8 Å². The van der Waals surface area contributed by atoms with E-state index in [0.29, 0.717) is 21.8 Å². The van der Waals surface area contributed by atoms with Gasteiger partial charge in [0.05, 0.1) is 5.69 Å². The van der Waals surface area contributed by atoms with Gasteiger partial charge in [0.2, 0.25) is 0 Å². The molecule has 5 nitrogen and oxygen atoms in total. The van der Waals surface area contributed by atoms with Gasteiger partial charge in [0.25, 0.3) is 11.8 Å². The van der Waals surface area contributed by atoms with Gasteiger partial charge in [0.15, 0.2) is 5.11 Å². The van der Waals surface area contributed by atoms with Gasteiger partial charge in [-0.3, -0.25) is 19.8 Å². The van der Waals surface area contributed by atoms with Crippen molar-refractivity contribution in [3.63, 3.8) is 0 Å². The van der Waals surface area contributed by atoms with Gasteiger partial charge in [-0.15, -0.1) is 0 Å². The predicted molar refractivity (Wildman–Crippen MR) is 138 cm³/mol. The van der Waals surface area contributed by atoms with Crippen molar-refractivity contribution in [1.29, 1.82) is 0 Å². The van der Waals surface area contributed by atoms with Gasteiger partial charge in [-0.1, -0.05) is 59.2 Å². The first-order chi connectivity index (χ1) is 15.1. The van der Waals surface area contributed by atoms with E-state index in [9.17, 15) is 14.7 Å². The second kappa shape index (κ2) is 8.58. The molecule has 3 rings (SSSR count). The summed E-state index contributed by atoms with van der Waals surface area (Å²) in [6.45, 7) is 13.8. The maximum atomic E-state index is 13.5. The zero-order chi connectivity index (χ0) is 24.9. The van der Waals surface area contributed by atoms with Crippen molar-refractivity contribution in [1.82, 2.24) is 5.32 Å². The molecule has 1 fully saturated rings. The molecule has 0 atom stereocenters. The van der Waals surface area contributed by atoms with Crippen LogP contribution in [-0.2, 0) is 20.4 Å². The average Bonchev–Trinajstić information content (AvgIpc) is 2.67. The summed E-state index contributed by atoms with van der Waals surface area (Å²) < 4.78 is 0. The molecule has 7 heteroatoms. The number of aromatic hydroxyl groups is 1. The Labute approximate surface area is 205 Å². The molecule has 0 radical (unpaired) electrons. The third kappa shape index (κ3) is 4.82. The Morgan fingerprint density at radius 2 is 1.58 bits per heavy atom. The first kappa shape index (κ1) is 24.9. The number of amides is 2. The summed E-state index contributed by atoms with van der Waals surface area (Å²) in [5.74, 6) is -0.866. The van der Waals surface area contributed by atoms with Crippen LogP contribution in [-0.4, -0.2) is 22.0 Å². The maximum Gasteiger partial charge on any atom is 0.270 e. The molecule has 0 bridgehead atoms. The van der Waals surface area contributed by atoms with Gasteiger partial charge in [-0.2, -0.15) is 0 Å². The molecule has 2 aromatic rings. The summed E-state index contributed by atoms with van der Waals surface area (Å²) in [5.41, 5.74) is 2.59. The number of nitrogens with one attached hydrogen (secondary N) is 1. The quantitative estimate of drug-likeness (QED) is 0.322. The van der Waals surface area contributed by atoms with Crippen molar-refractivity contribution >= 4 is 52.5 Å². The number of hydrogen-bond acceptors (Lipinski definition) is 4. The van der Waals surface area contributed by atoms with Crippen LogP contribution in [0.15, 0.2) is 35.9 Å². The number of halogens is 1. The van der Waals surface area contributed by atoms with Crippen molar-refractivity contribution in [2.45, 2.75) is 59.3 Å². The summed E-state index contributed by atoms with van der Waals surface area (Å²) in [6.07, 6.45) is 1.55. The SMILES string of the molecule is Cc1c(Cl)cccc1N1C(=O)/C(=C/c2cc(C(C)(C)C)c(O)c(C(C)(C)C)c2)C(=O)NC1=S. The number of phenols is 1. The molecule has 174 valence electrons. The molecule has 1 heterocycles. The number of carbonyl (C=O) groups excluding carboxylic acids is 2. The first-order valence-electron chi connectivity index (χ1n) is 10.7. The fourth-order valence-electron chi connectivity index (χ4n) is 3.76. The molecular formula is C26H29ClN2O3S. The van der Waals surface area contributed by atoms with Crippen molar-refractivity contribution in [3.05, 3.63) is 63.2 Å². The number of hydrogen-bond donors (Lipinski definition) is 2. The molecule has 0 unspecified atom stereocenters. The average molecular weight is 485 g/mol. The maximum absolute atomic E-state index is 13.5. The second-order valence-electron chi connectivity index (χ2n) is 10.3. The van der Waals surface area contributed by atoms with E-state index in [1.165, 1.54) is 4.90 Å². The Morgan fingerprint density at radius 1 is 1.03 bits per heavy atom. The van der Waals surface area contributed by atoms with E-state index in [2.05, 4.69) is 5.32 Å². The van der Waals surface area contributed by atoms with E-state index in [4.69, 9.17) is 23.8 Å². The Balaban J connectivity index is 2.19. The Kier molecular flexibility index (Phi) is 6.48. The molecule has 1 aliphatic rings. The minimum Gasteiger partial charge on any atom is -0.507 e. The monoisotopic (exact) mass is 484 g/mol. The van der Waals surface area contributed by atoms with Crippen LogP contribution in [0.5, 0.6) is 5.75 Å². The van der Waals surface area contributed by atoms with Crippen LogP contribution >= 0.6 is 23.8 Å². The van der Waals surface area contributed by atoms with Gasteiger partial charge >= 0.3 is 0 Å². The zero-order valence-corrected chi connectivity index (χ0v) is 21.5. The number of nitrogens with zero attached hydrogens (tertiary/aromatic N) is 1. The lowest BCUT2D eigenvalue weighted by atomic mass is 9.78. The van der Waals surface area contributed by atoms with E-state index >= 15 is 0 Å². The summed E-state index contributed by atoms with van der Waals surface area (Å²) in [7, 11) is 0. The van der Waals surface area contributed by atoms with Gasteiger partial charge in [0.1, 0.15) is 11.3 Å². The molecule has 2 amide bonds. The molecule has 1 aliphatic heterocycles. The lowest BCUT2D eigenvalue weighted by molar-refractivity contribution is -0.122. The molecule has 0 spiro atoms. The Hall–Kier alpha value is -2.70. The standard InChI is InChI=1S/C26H29ClN2O3S/c1-14-19(27)9-8-10-20(14)29-23(32)16(22(31)28-24(29)33)11-15-12-17(25(2,3)4)21(30)18(13-15)26(5,6)7/h8-13,30H,1-7H3,(H,28,31,33)/b16-11+. The van der Waals surface area contributed by atoms with E-state index in [1.54, 1.807) is 31.2 Å². The van der Waals surface area contributed by atoms with Crippen LogP contribution in [0.3, 0.4) is 0 Å². The Bertz CT molecular complexity index is 1170. The zero-order valence-electron chi connectivity index (χ0n) is 20.0. The predicted octanol–water partition coefficient (Wildman–Crippen LogP) is 5.78. The van der Waals surface area contributed by atoms with E-state index in [0.717, 1.165) is 11.1 Å². The highest BCUT2D eigenvalue weighted by Gasteiger charge is 2.36. The van der Waals surface area contributed by atoms with Crippen LogP contribution in [0.2, 0.25) is 5.02 Å². The summed E-state index contributed by atoms with van der Waals surface area (Å²) in [6, 6.07) is 8.83. The molecule has 2 N–H and O–H groups in total. The minimum atomic E-state index is -0.566. The third-order valence-corrected chi connectivity index (χ3v) is 6.34. The van der Waals surface area contributed by atoms with Crippen molar-refractivity contribution < 1.29 is 14.7 Å². The molecule has 0 saturated carbocycles. The fourth-order valence-corrected chi connectivity index (χ4v) is 4.21. The summed E-state index contributed by atoms with van der Waals surface area (Å²) >= 11 is 11.6. The van der Waals surface area contributed by atoms with Gasteiger partial charge < -0.3 is 5.11 Å². The highest BCUT2D eigenvalue weighted by atomic mass is 35.5. The van der Waals surface area contributed by atoms with Crippen LogP contribution in [0, 0.1) is 6.92 Å². The largest absolute Gasteiger partial charge is 0.507 e. The fraction of sp³-hybridized carbons (Fsp3) is 0.346. The topological polar surface area (TPSA) is 69.6 Å². The molecule has 2 aromatic carbocycles. The van der Waals surface area contributed by atoms with Gasteiger partial charge in [-0.05, 0) is 71.4 Å². The van der Waals surface area contributed by atoms with E-state index in [1.807, 2.05) is 53.7 Å². The number of thiocarbonyl (C=S) groups is 1. The van der Waals surface area contributed by atoms with Crippen molar-refractivity contribution in [3.8, 4) is 5.75 Å². The first-order valence-corrected chi connectivity index (χ1v) is 11.5. The number of benzene rings is 2. The van der Waals surface area contributed by atoms with Gasteiger partial charge in [-0.25, -0.2) is 0 Å². The third-order valence-electron chi connectivity index (χ3n) is 5.64. The van der Waals surface area contributed by atoms with Crippen LogP contribution in [0.25, 0.3) is 6.08 Å². The van der Waals surface area contributed by atoms with Gasteiger partial charge in [0, 0.05) is 16.1 Å². The van der Waals surface area contributed by atoms with E-state index < -0.39 is 11.8 Å². The van der Waals surface area contributed by atoms with Crippen molar-refractivity contribution in [2.24, 2.45) is 0 Å². The highest BCUT2D eigenvalue weighted by Crippen LogP contribution is 2.40. The number of rotatable bonds is 2. The smallest absolute Gasteiger partial charge is 0.270 e. The number of phenolic OH excluding ortho intramolecular Hbond substituents is 1. The second-order valence-corrected chi connectivity index (χ2v) is 11.1. The minimum absolute atomic E-state index is 0.00369. The lowest BCUT2D eigenvalue weighted by Crippen LogP contribution is -2.54. The number of anilines is 1. The molecule has 0 aromatic heterocycles. The molecule has 1 saturated heterocycles. The van der Waals surface area contributed by atoms with Crippen LogP contribution < -0.4 is 10.2 Å². The van der Waals surface area contributed by atoms with Crippen LogP contribution in [0.4, 0.5) is 5.69 Å². The highest BCUT2D eigenvalue weighted by molar-refractivity contribution is 7.80. The summed E-state index contributed by atoms with van der Waals surface area (Å²) in [4.78, 5) is 27.5. The molecular weight excluding hydrogens is 456 g/mol.